The summed E-state index contributed by atoms with van der Waals surface area (Å²) in [6.45, 7) is 3.61. The number of nitrogens with one attached hydrogen (secondary N) is 1. The molecule has 0 aliphatic carbocycles. The van der Waals surface area contributed by atoms with Gasteiger partial charge < -0.3 is 10.1 Å². The minimum absolute atomic E-state index is 0.0872. The number of aryl methyl sites for hydroxylation is 2. The molecule has 1 N–H and O–H groups in total. The molecule has 142 valence electrons. The number of fused-ring (bicyclic) bond motifs is 1. The molecule has 0 unspecified atom stereocenters. The van der Waals surface area contributed by atoms with E-state index < -0.39 is 0 Å². The summed E-state index contributed by atoms with van der Waals surface area (Å²) in [5, 5.41) is 3.41. The van der Waals surface area contributed by atoms with E-state index in [1.165, 1.54) is 0 Å². The zero-order valence-corrected chi connectivity index (χ0v) is 15.9. The van der Waals surface area contributed by atoms with E-state index >= 15 is 0 Å². The van der Waals surface area contributed by atoms with Crippen molar-refractivity contribution < 1.29 is 9.53 Å². The Morgan fingerprint density at radius 1 is 1.11 bits per heavy atom. The number of hydrogen-bond acceptors (Lipinski definition) is 3. The number of aromatic nitrogens is 2. The van der Waals surface area contributed by atoms with Crippen LogP contribution >= 0.6 is 11.6 Å². The molecule has 3 aromatic rings. The summed E-state index contributed by atoms with van der Waals surface area (Å²) >= 11 is 5.89. The lowest BCUT2D eigenvalue weighted by molar-refractivity contribution is -0.121. The Balaban J connectivity index is 1.52. The summed E-state index contributed by atoms with van der Waals surface area (Å²) in [6, 6.07) is 14.7. The molecule has 1 amide bonds. The van der Waals surface area contributed by atoms with Gasteiger partial charge in [0.1, 0.15) is 12.4 Å². The van der Waals surface area contributed by atoms with Gasteiger partial charge in [-0.3, -0.25) is 13.9 Å². The van der Waals surface area contributed by atoms with Crippen LogP contribution in [0.5, 0.6) is 5.75 Å². The minimum atomic E-state index is -0.120. The molecule has 0 aliphatic heterocycles. The minimum Gasteiger partial charge on any atom is -0.492 e. The number of halogens is 1. The number of para-hydroxylation sites is 2. The number of benzene rings is 2. The molecule has 0 saturated carbocycles. The molecule has 3 rings (SSSR count). The van der Waals surface area contributed by atoms with E-state index in [9.17, 15) is 9.59 Å². The highest BCUT2D eigenvalue weighted by Gasteiger charge is 2.12. The Labute approximate surface area is 162 Å². The highest BCUT2D eigenvalue weighted by atomic mass is 35.5. The number of imidazole rings is 1. The van der Waals surface area contributed by atoms with Crippen molar-refractivity contribution in [3.05, 3.63) is 64.0 Å². The largest absolute Gasteiger partial charge is 0.492 e. The average Bonchev–Trinajstić information content (AvgIpc) is 2.94. The van der Waals surface area contributed by atoms with Crippen LogP contribution in [-0.4, -0.2) is 28.2 Å². The first-order chi connectivity index (χ1) is 13.1. The molecule has 2 aromatic carbocycles. The molecule has 0 radical (unpaired) electrons. The zero-order chi connectivity index (χ0) is 19.2. The lowest BCUT2D eigenvalue weighted by Crippen LogP contribution is -2.30. The number of ether oxygens (including phenoxy) is 1. The number of amides is 1. The molecule has 1 aromatic heterocycles. The lowest BCUT2D eigenvalue weighted by Gasteiger charge is -2.08. The fraction of sp³-hybridized carbons (Fsp3) is 0.300. The number of nitrogens with zero attached hydrogens (tertiary/aromatic N) is 2. The van der Waals surface area contributed by atoms with Gasteiger partial charge in [-0.15, -0.1) is 0 Å². The summed E-state index contributed by atoms with van der Waals surface area (Å²) in [5.74, 6) is 0.542. The molecule has 0 atom stereocenters. The topological polar surface area (TPSA) is 65.3 Å². The van der Waals surface area contributed by atoms with E-state index in [1.807, 2.05) is 37.3 Å². The van der Waals surface area contributed by atoms with Crippen molar-refractivity contribution in [3.8, 4) is 5.75 Å². The highest BCUT2D eigenvalue weighted by molar-refractivity contribution is 6.30. The SMILES string of the molecule is CCn1c(=O)n(CCC(=O)NCCOc2cccc(Cl)c2)c2ccccc21. The summed E-state index contributed by atoms with van der Waals surface area (Å²) in [7, 11) is 0. The maximum atomic E-state index is 12.5. The first-order valence-corrected chi connectivity index (χ1v) is 9.31. The predicted molar refractivity (Wildman–Crippen MR) is 106 cm³/mol. The van der Waals surface area contributed by atoms with Crippen molar-refractivity contribution in [2.45, 2.75) is 26.4 Å². The van der Waals surface area contributed by atoms with E-state index in [1.54, 1.807) is 27.3 Å². The monoisotopic (exact) mass is 387 g/mol. The van der Waals surface area contributed by atoms with Crippen LogP contribution in [0.1, 0.15) is 13.3 Å². The second-order valence-electron chi connectivity index (χ2n) is 6.07. The van der Waals surface area contributed by atoms with Crippen molar-refractivity contribution in [2.75, 3.05) is 13.2 Å². The van der Waals surface area contributed by atoms with Gasteiger partial charge in [-0.2, -0.15) is 0 Å². The van der Waals surface area contributed by atoms with E-state index in [4.69, 9.17) is 16.3 Å². The van der Waals surface area contributed by atoms with Crippen LogP contribution in [-0.2, 0) is 17.9 Å². The maximum Gasteiger partial charge on any atom is 0.329 e. The van der Waals surface area contributed by atoms with E-state index in [0.717, 1.165) is 11.0 Å². The summed E-state index contributed by atoms with van der Waals surface area (Å²) in [6.07, 6.45) is 0.231. The van der Waals surface area contributed by atoms with Crippen molar-refractivity contribution >= 4 is 28.5 Å². The van der Waals surface area contributed by atoms with Crippen molar-refractivity contribution in [1.82, 2.24) is 14.5 Å². The van der Waals surface area contributed by atoms with Gasteiger partial charge in [0.2, 0.25) is 5.91 Å². The smallest absolute Gasteiger partial charge is 0.329 e. The second-order valence-corrected chi connectivity index (χ2v) is 6.51. The van der Waals surface area contributed by atoms with E-state index in [-0.39, 0.29) is 18.0 Å². The van der Waals surface area contributed by atoms with Gasteiger partial charge in [-0.25, -0.2) is 4.79 Å². The Hall–Kier alpha value is -2.73. The van der Waals surface area contributed by atoms with Gasteiger partial charge in [0.25, 0.3) is 0 Å². The first kappa shape index (κ1) is 19.0. The molecular formula is C20H22ClN3O3. The molecule has 1 heterocycles. The van der Waals surface area contributed by atoms with Crippen molar-refractivity contribution in [3.63, 3.8) is 0 Å². The summed E-state index contributed by atoms with van der Waals surface area (Å²) < 4.78 is 8.90. The molecule has 0 bridgehead atoms. The number of carbonyl (C=O) groups is 1. The van der Waals surface area contributed by atoms with Crippen LogP contribution in [0.4, 0.5) is 0 Å². The Morgan fingerprint density at radius 2 is 1.85 bits per heavy atom. The highest BCUT2D eigenvalue weighted by Crippen LogP contribution is 2.16. The fourth-order valence-corrected chi connectivity index (χ4v) is 3.19. The molecular weight excluding hydrogens is 366 g/mol. The normalized spacial score (nSPS) is 10.9. The first-order valence-electron chi connectivity index (χ1n) is 8.93. The van der Waals surface area contributed by atoms with Crippen molar-refractivity contribution in [1.29, 1.82) is 0 Å². The molecule has 27 heavy (non-hydrogen) atoms. The van der Waals surface area contributed by atoms with Crippen LogP contribution in [0.3, 0.4) is 0 Å². The van der Waals surface area contributed by atoms with Gasteiger partial charge >= 0.3 is 5.69 Å². The predicted octanol–water partition coefficient (Wildman–Crippen LogP) is 3.06. The molecule has 0 spiro atoms. The summed E-state index contributed by atoms with van der Waals surface area (Å²) in [4.78, 5) is 24.6. The average molecular weight is 388 g/mol. The van der Waals surface area contributed by atoms with Gasteiger partial charge in [0.15, 0.2) is 0 Å². The Morgan fingerprint density at radius 3 is 2.56 bits per heavy atom. The quantitative estimate of drug-likeness (QED) is 0.604. The van der Waals surface area contributed by atoms with E-state index in [2.05, 4.69) is 5.32 Å². The van der Waals surface area contributed by atoms with Gasteiger partial charge in [0.05, 0.1) is 17.6 Å². The van der Waals surface area contributed by atoms with Gasteiger partial charge in [-0.05, 0) is 37.3 Å². The standard InChI is InChI=1S/C20H22ClN3O3/c1-2-23-17-8-3-4-9-18(17)24(20(23)26)12-10-19(25)22-11-13-27-16-7-5-6-15(21)14-16/h3-9,14H,2,10-13H2,1H3,(H,22,25). The number of carbonyl (C=O) groups excluding carboxylic acids is 1. The Bertz CT molecular complexity index is 994. The second kappa shape index (κ2) is 8.77. The fourth-order valence-electron chi connectivity index (χ4n) is 3.01. The summed E-state index contributed by atoms with van der Waals surface area (Å²) in [5.41, 5.74) is 1.65. The zero-order valence-electron chi connectivity index (χ0n) is 15.2. The number of rotatable bonds is 8. The third-order valence-electron chi connectivity index (χ3n) is 4.29. The van der Waals surface area contributed by atoms with Crippen molar-refractivity contribution in [2.24, 2.45) is 0 Å². The molecule has 0 saturated heterocycles. The van der Waals surface area contributed by atoms with Gasteiger partial charge in [-0.1, -0.05) is 29.8 Å². The molecule has 0 aliphatic rings. The lowest BCUT2D eigenvalue weighted by atomic mass is 10.3. The van der Waals surface area contributed by atoms with Crippen LogP contribution in [0.25, 0.3) is 11.0 Å². The van der Waals surface area contributed by atoms with Crippen LogP contribution in [0.2, 0.25) is 5.02 Å². The molecule has 0 fully saturated rings. The number of hydrogen-bond donors (Lipinski definition) is 1. The third-order valence-corrected chi connectivity index (χ3v) is 4.53. The van der Waals surface area contributed by atoms with Crippen LogP contribution in [0, 0.1) is 0 Å². The maximum absolute atomic E-state index is 12.5. The van der Waals surface area contributed by atoms with Crippen LogP contribution in [0.15, 0.2) is 53.3 Å². The molecule has 7 heteroatoms. The Kier molecular flexibility index (Phi) is 6.19. The van der Waals surface area contributed by atoms with Gasteiger partial charge in [0, 0.05) is 24.5 Å². The third kappa shape index (κ3) is 4.52. The molecule has 6 nitrogen and oxygen atoms in total. The van der Waals surface area contributed by atoms with Crippen LogP contribution < -0.4 is 15.7 Å². The van der Waals surface area contributed by atoms with E-state index in [0.29, 0.717) is 37.0 Å².